The van der Waals surface area contributed by atoms with E-state index in [1.165, 1.54) is 5.56 Å². The van der Waals surface area contributed by atoms with Gasteiger partial charge in [-0.15, -0.1) is 0 Å². The quantitative estimate of drug-likeness (QED) is 0.774. The lowest BCUT2D eigenvalue weighted by molar-refractivity contribution is -0.133. The van der Waals surface area contributed by atoms with Crippen LogP contribution in [-0.2, 0) is 16.0 Å². The average Bonchev–Trinajstić information content (AvgIpc) is 2.87. The number of rotatable bonds is 7. The standard InChI is InChI=1S/C19H29N3O2/c1-20-12-5-9-18(23)21-13-6-14-22(16-15-21)19(24)11-10-17-7-3-2-4-8-17/h2-4,7-8,20H,5-6,9-16H2,1H3. The Morgan fingerprint density at radius 1 is 0.958 bits per heavy atom. The molecule has 1 aromatic rings. The van der Waals surface area contributed by atoms with Gasteiger partial charge in [0.25, 0.3) is 0 Å². The summed E-state index contributed by atoms with van der Waals surface area (Å²) in [5.41, 5.74) is 1.20. The Morgan fingerprint density at radius 3 is 2.21 bits per heavy atom. The van der Waals surface area contributed by atoms with E-state index in [-0.39, 0.29) is 11.8 Å². The first-order chi connectivity index (χ1) is 11.7. The van der Waals surface area contributed by atoms with Crippen molar-refractivity contribution < 1.29 is 9.59 Å². The summed E-state index contributed by atoms with van der Waals surface area (Å²) >= 11 is 0. The van der Waals surface area contributed by atoms with Crippen LogP contribution >= 0.6 is 0 Å². The van der Waals surface area contributed by atoms with Crippen LogP contribution in [0.1, 0.15) is 31.2 Å². The van der Waals surface area contributed by atoms with Gasteiger partial charge in [0.15, 0.2) is 0 Å². The Bertz CT molecular complexity index is 519. The van der Waals surface area contributed by atoms with E-state index >= 15 is 0 Å². The molecule has 2 amide bonds. The van der Waals surface area contributed by atoms with Crippen molar-refractivity contribution in [3.05, 3.63) is 35.9 Å². The van der Waals surface area contributed by atoms with E-state index in [2.05, 4.69) is 17.4 Å². The smallest absolute Gasteiger partial charge is 0.222 e. The number of hydrogen-bond donors (Lipinski definition) is 1. The second kappa shape index (κ2) is 10.1. The van der Waals surface area contributed by atoms with E-state index in [9.17, 15) is 9.59 Å². The maximum Gasteiger partial charge on any atom is 0.222 e. The zero-order valence-electron chi connectivity index (χ0n) is 14.7. The molecule has 1 N–H and O–H groups in total. The molecule has 0 atom stereocenters. The average molecular weight is 331 g/mol. The lowest BCUT2D eigenvalue weighted by Gasteiger charge is -2.22. The second-order valence-electron chi connectivity index (χ2n) is 6.31. The van der Waals surface area contributed by atoms with Crippen molar-refractivity contribution >= 4 is 11.8 Å². The first kappa shape index (κ1) is 18.5. The van der Waals surface area contributed by atoms with Gasteiger partial charge in [-0.2, -0.15) is 0 Å². The third-order valence-corrected chi connectivity index (χ3v) is 4.49. The number of aryl methyl sites for hydroxylation is 1. The summed E-state index contributed by atoms with van der Waals surface area (Å²) in [4.78, 5) is 28.5. The van der Waals surface area contributed by atoms with Crippen molar-refractivity contribution in [2.24, 2.45) is 0 Å². The molecule has 1 saturated heterocycles. The highest BCUT2D eigenvalue weighted by Crippen LogP contribution is 2.09. The topological polar surface area (TPSA) is 52.7 Å². The van der Waals surface area contributed by atoms with Gasteiger partial charge >= 0.3 is 0 Å². The molecule has 0 spiro atoms. The fraction of sp³-hybridized carbons (Fsp3) is 0.579. The Labute approximate surface area is 145 Å². The zero-order chi connectivity index (χ0) is 17.2. The predicted octanol–water partition coefficient (Wildman–Crippen LogP) is 1.68. The Hall–Kier alpha value is -1.88. The van der Waals surface area contributed by atoms with Gasteiger partial charge in [0, 0.05) is 39.0 Å². The predicted molar refractivity (Wildman–Crippen MR) is 95.7 cm³/mol. The van der Waals surface area contributed by atoms with Crippen LogP contribution in [0.3, 0.4) is 0 Å². The molecule has 5 heteroatoms. The number of hydrogen-bond acceptors (Lipinski definition) is 3. The van der Waals surface area contributed by atoms with E-state index in [0.717, 1.165) is 38.9 Å². The van der Waals surface area contributed by atoms with Crippen molar-refractivity contribution in [3.63, 3.8) is 0 Å². The molecule has 24 heavy (non-hydrogen) atoms. The van der Waals surface area contributed by atoms with Crippen molar-refractivity contribution in [3.8, 4) is 0 Å². The van der Waals surface area contributed by atoms with Gasteiger partial charge in [-0.05, 0) is 38.4 Å². The van der Waals surface area contributed by atoms with E-state index < -0.39 is 0 Å². The van der Waals surface area contributed by atoms with Crippen LogP contribution in [0, 0.1) is 0 Å². The first-order valence-corrected chi connectivity index (χ1v) is 8.95. The third kappa shape index (κ3) is 5.96. The lowest BCUT2D eigenvalue weighted by atomic mass is 10.1. The van der Waals surface area contributed by atoms with E-state index in [1.54, 1.807) is 0 Å². The van der Waals surface area contributed by atoms with Crippen LogP contribution < -0.4 is 5.32 Å². The molecule has 2 rings (SSSR count). The summed E-state index contributed by atoms with van der Waals surface area (Å²) < 4.78 is 0. The minimum absolute atomic E-state index is 0.198. The highest BCUT2D eigenvalue weighted by molar-refractivity contribution is 5.78. The van der Waals surface area contributed by atoms with Crippen molar-refractivity contribution in [1.29, 1.82) is 0 Å². The van der Waals surface area contributed by atoms with Gasteiger partial charge in [-0.25, -0.2) is 0 Å². The fourth-order valence-electron chi connectivity index (χ4n) is 3.04. The minimum atomic E-state index is 0.198. The van der Waals surface area contributed by atoms with Crippen LogP contribution in [0.2, 0.25) is 0 Å². The van der Waals surface area contributed by atoms with E-state index in [1.807, 2.05) is 35.0 Å². The molecule has 5 nitrogen and oxygen atoms in total. The number of carbonyl (C=O) groups is 2. The summed E-state index contributed by atoms with van der Waals surface area (Å²) in [7, 11) is 1.90. The van der Waals surface area contributed by atoms with Crippen LogP contribution in [0.15, 0.2) is 30.3 Å². The number of carbonyl (C=O) groups excluding carboxylic acids is 2. The number of nitrogens with one attached hydrogen (secondary N) is 1. The van der Waals surface area contributed by atoms with Crippen LogP contribution in [0.25, 0.3) is 0 Å². The maximum atomic E-state index is 12.4. The van der Waals surface area contributed by atoms with E-state index in [4.69, 9.17) is 0 Å². The summed E-state index contributed by atoms with van der Waals surface area (Å²) in [5.74, 6) is 0.409. The van der Waals surface area contributed by atoms with Gasteiger partial charge < -0.3 is 15.1 Å². The van der Waals surface area contributed by atoms with Crippen LogP contribution in [0.4, 0.5) is 0 Å². The van der Waals surface area contributed by atoms with Crippen LogP contribution in [-0.4, -0.2) is 61.4 Å². The molecule has 0 saturated carbocycles. The number of benzene rings is 1. The molecule has 0 radical (unpaired) electrons. The molecule has 1 aliphatic rings. The summed E-state index contributed by atoms with van der Waals surface area (Å²) in [6, 6.07) is 10.1. The third-order valence-electron chi connectivity index (χ3n) is 4.49. The largest absolute Gasteiger partial charge is 0.341 e. The van der Waals surface area contributed by atoms with Crippen molar-refractivity contribution in [1.82, 2.24) is 15.1 Å². The lowest BCUT2D eigenvalue weighted by Crippen LogP contribution is -2.37. The minimum Gasteiger partial charge on any atom is -0.341 e. The molecule has 1 aromatic carbocycles. The molecule has 1 aliphatic heterocycles. The number of amides is 2. The SMILES string of the molecule is CNCCCC(=O)N1CCCN(C(=O)CCc2ccccc2)CC1. The van der Waals surface area contributed by atoms with Gasteiger partial charge in [-0.3, -0.25) is 9.59 Å². The summed E-state index contributed by atoms with van der Waals surface area (Å²) in [6.45, 7) is 3.71. The van der Waals surface area contributed by atoms with Gasteiger partial charge in [0.1, 0.15) is 0 Å². The molecule has 1 heterocycles. The van der Waals surface area contributed by atoms with Gasteiger partial charge in [-0.1, -0.05) is 30.3 Å². The number of nitrogens with zero attached hydrogens (tertiary/aromatic N) is 2. The van der Waals surface area contributed by atoms with Crippen LogP contribution in [0.5, 0.6) is 0 Å². The van der Waals surface area contributed by atoms with Crippen molar-refractivity contribution in [2.75, 3.05) is 39.8 Å². The molecule has 1 fully saturated rings. The fourth-order valence-corrected chi connectivity index (χ4v) is 3.04. The summed E-state index contributed by atoms with van der Waals surface area (Å²) in [6.07, 6.45) is 3.64. The summed E-state index contributed by atoms with van der Waals surface area (Å²) in [5, 5.41) is 3.06. The highest BCUT2D eigenvalue weighted by Gasteiger charge is 2.21. The van der Waals surface area contributed by atoms with E-state index in [0.29, 0.717) is 25.9 Å². The van der Waals surface area contributed by atoms with Gasteiger partial charge in [0.05, 0.1) is 0 Å². The normalized spacial score (nSPS) is 15.2. The first-order valence-electron chi connectivity index (χ1n) is 8.95. The van der Waals surface area contributed by atoms with Crippen molar-refractivity contribution in [2.45, 2.75) is 32.1 Å². The molecule has 0 aliphatic carbocycles. The van der Waals surface area contributed by atoms with Gasteiger partial charge in [0.2, 0.25) is 11.8 Å². The zero-order valence-corrected chi connectivity index (χ0v) is 14.7. The highest BCUT2D eigenvalue weighted by atomic mass is 16.2. The Kier molecular flexibility index (Phi) is 7.75. The molecule has 132 valence electrons. The molecule has 0 bridgehead atoms. The second-order valence-corrected chi connectivity index (χ2v) is 6.31. The Balaban J connectivity index is 1.75. The molecule has 0 aromatic heterocycles. The monoisotopic (exact) mass is 331 g/mol. The molecule has 0 unspecified atom stereocenters. The Morgan fingerprint density at radius 2 is 1.58 bits per heavy atom. The maximum absolute atomic E-state index is 12.4. The molecular weight excluding hydrogens is 302 g/mol. The molecular formula is C19H29N3O2.